The molecule has 0 aliphatic carbocycles. The summed E-state index contributed by atoms with van der Waals surface area (Å²) in [6.07, 6.45) is 0. The van der Waals surface area contributed by atoms with E-state index in [0.29, 0.717) is 19.8 Å². The molecule has 1 unspecified atom stereocenters. The van der Waals surface area contributed by atoms with Crippen molar-refractivity contribution in [1.82, 2.24) is 4.90 Å². The fourth-order valence-electron chi connectivity index (χ4n) is 1.36. The minimum atomic E-state index is -0.541. The van der Waals surface area contributed by atoms with Gasteiger partial charge >= 0.3 is 0 Å². The number of hydrogen-bond acceptors (Lipinski definition) is 3. The van der Waals surface area contributed by atoms with Crippen LogP contribution >= 0.6 is 0 Å². The number of amides is 1. The molecule has 0 aromatic carbocycles. The van der Waals surface area contributed by atoms with E-state index in [2.05, 4.69) is 0 Å². The van der Waals surface area contributed by atoms with E-state index in [-0.39, 0.29) is 11.9 Å². The van der Waals surface area contributed by atoms with E-state index < -0.39 is 5.92 Å². The summed E-state index contributed by atoms with van der Waals surface area (Å²) in [4.78, 5) is 13.3. The van der Waals surface area contributed by atoms with Crippen LogP contribution in [0.1, 0.15) is 13.8 Å². The van der Waals surface area contributed by atoms with Gasteiger partial charge in [0.15, 0.2) is 0 Å². The van der Waals surface area contributed by atoms with Gasteiger partial charge in [-0.3, -0.25) is 4.79 Å². The van der Waals surface area contributed by atoms with Crippen LogP contribution in [0.2, 0.25) is 0 Å². The number of ether oxygens (including phenoxy) is 1. The van der Waals surface area contributed by atoms with Crippen molar-refractivity contribution >= 4 is 5.91 Å². The molecule has 2 atom stereocenters. The molecule has 0 aromatic heterocycles. The number of nitrogens with zero attached hydrogens (tertiary/aromatic N) is 2. The molecule has 0 radical (unpaired) electrons. The Bertz CT molecular complexity index is 234. The Morgan fingerprint density at radius 2 is 2.46 bits per heavy atom. The number of carbonyl (C=O) groups excluding carboxylic acids is 1. The van der Waals surface area contributed by atoms with E-state index in [0.717, 1.165) is 0 Å². The zero-order valence-corrected chi connectivity index (χ0v) is 7.99. The maximum absolute atomic E-state index is 11.6. The third kappa shape index (κ3) is 2.19. The molecular formula is C9H14N2O2. The first-order chi connectivity index (χ1) is 6.16. The lowest BCUT2D eigenvalue weighted by Gasteiger charge is -2.33. The summed E-state index contributed by atoms with van der Waals surface area (Å²) in [5.74, 6) is -0.626. The first-order valence-corrected chi connectivity index (χ1v) is 4.44. The Balaban J connectivity index is 2.59. The average Bonchev–Trinajstić information content (AvgIpc) is 2.16. The van der Waals surface area contributed by atoms with Gasteiger partial charge in [-0.2, -0.15) is 5.26 Å². The van der Waals surface area contributed by atoms with Gasteiger partial charge in [0.25, 0.3) is 0 Å². The van der Waals surface area contributed by atoms with Crippen molar-refractivity contribution in [3.05, 3.63) is 0 Å². The molecule has 0 saturated carbocycles. The molecular weight excluding hydrogens is 168 g/mol. The van der Waals surface area contributed by atoms with Crippen molar-refractivity contribution in [3.63, 3.8) is 0 Å². The van der Waals surface area contributed by atoms with Gasteiger partial charge in [-0.1, -0.05) is 0 Å². The second kappa shape index (κ2) is 4.24. The lowest BCUT2D eigenvalue weighted by atomic mass is 10.1. The fraction of sp³-hybridized carbons (Fsp3) is 0.778. The number of nitriles is 1. The highest BCUT2D eigenvalue weighted by Gasteiger charge is 2.26. The SMILES string of the molecule is CC(C#N)C(=O)N1CCOC[C@H]1C. The Kier molecular flexibility index (Phi) is 3.26. The predicted molar refractivity (Wildman–Crippen MR) is 46.8 cm³/mol. The average molecular weight is 182 g/mol. The van der Waals surface area contributed by atoms with Gasteiger partial charge in [-0.15, -0.1) is 0 Å². The smallest absolute Gasteiger partial charge is 0.240 e. The van der Waals surface area contributed by atoms with Gasteiger partial charge in [0.2, 0.25) is 5.91 Å². The molecule has 4 nitrogen and oxygen atoms in total. The largest absolute Gasteiger partial charge is 0.377 e. The highest BCUT2D eigenvalue weighted by atomic mass is 16.5. The van der Waals surface area contributed by atoms with Crippen LogP contribution in [0.4, 0.5) is 0 Å². The van der Waals surface area contributed by atoms with Crippen molar-refractivity contribution in [1.29, 1.82) is 5.26 Å². The van der Waals surface area contributed by atoms with Crippen LogP contribution in [0, 0.1) is 17.2 Å². The van der Waals surface area contributed by atoms with E-state index in [1.165, 1.54) is 0 Å². The molecule has 1 amide bonds. The van der Waals surface area contributed by atoms with Crippen molar-refractivity contribution in [2.75, 3.05) is 19.8 Å². The third-order valence-corrected chi connectivity index (χ3v) is 2.21. The highest BCUT2D eigenvalue weighted by molar-refractivity contribution is 5.81. The fourth-order valence-corrected chi connectivity index (χ4v) is 1.36. The summed E-state index contributed by atoms with van der Waals surface area (Å²) in [5, 5.41) is 8.59. The van der Waals surface area contributed by atoms with Gasteiger partial charge in [-0.05, 0) is 13.8 Å². The zero-order chi connectivity index (χ0) is 9.84. The summed E-state index contributed by atoms with van der Waals surface area (Å²) >= 11 is 0. The first-order valence-electron chi connectivity index (χ1n) is 4.44. The molecule has 0 bridgehead atoms. The maximum atomic E-state index is 11.6. The van der Waals surface area contributed by atoms with Crippen molar-refractivity contribution in [2.24, 2.45) is 5.92 Å². The molecule has 0 N–H and O–H groups in total. The van der Waals surface area contributed by atoms with E-state index in [1.54, 1.807) is 11.8 Å². The molecule has 1 heterocycles. The Labute approximate surface area is 78.1 Å². The first kappa shape index (κ1) is 10.0. The minimum Gasteiger partial charge on any atom is -0.377 e. The standard InChI is InChI=1S/C9H14N2O2/c1-7(5-10)9(12)11-3-4-13-6-8(11)2/h7-8H,3-4,6H2,1-2H3/t7?,8-/m1/s1. The summed E-state index contributed by atoms with van der Waals surface area (Å²) in [5.41, 5.74) is 0. The van der Waals surface area contributed by atoms with Crippen LogP contribution in [0.5, 0.6) is 0 Å². The Hall–Kier alpha value is -1.08. The summed E-state index contributed by atoms with van der Waals surface area (Å²) < 4.78 is 5.20. The number of hydrogen-bond donors (Lipinski definition) is 0. The van der Waals surface area contributed by atoms with E-state index in [9.17, 15) is 4.79 Å². The van der Waals surface area contributed by atoms with Crippen LogP contribution in [0.3, 0.4) is 0 Å². The van der Waals surface area contributed by atoms with E-state index in [1.807, 2.05) is 13.0 Å². The number of carbonyl (C=O) groups is 1. The van der Waals surface area contributed by atoms with Gasteiger partial charge in [0.1, 0.15) is 5.92 Å². The minimum absolute atomic E-state index is 0.0849. The molecule has 1 aliphatic rings. The van der Waals surface area contributed by atoms with Crippen LogP contribution in [-0.2, 0) is 9.53 Å². The van der Waals surface area contributed by atoms with Crippen molar-refractivity contribution in [3.8, 4) is 6.07 Å². The molecule has 1 saturated heterocycles. The van der Waals surface area contributed by atoms with Crippen LogP contribution in [0.25, 0.3) is 0 Å². The lowest BCUT2D eigenvalue weighted by molar-refractivity contribution is -0.141. The van der Waals surface area contributed by atoms with E-state index >= 15 is 0 Å². The molecule has 72 valence electrons. The van der Waals surface area contributed by atoms with Crippen molar-refractivity contribution < 1.29 is 9.53 Å². The molecule has 1 fully saturated rings. The zero-order valence-electron chi connectivity index (χ0n) is 7.99. The Morgan fingerprint density at radius 1 is 1.77 bits per heavy atom. The normalized spacial score (nSPS) is 25.0. The summed E-state index contributed by atoms with van der Waals surface area (Å²) in [6.45, 7) is 5.32. The van der Waals surface area contributed by atoms with Gasteiger partial charge in [0.05, 0.1) is 25.3 Å². The van der Waals surface area contributed by atoms with Crippen molar-refractivity contribution in [2.45, 2.75) is 19.9 Å². The number of morpholine rings is 1. The maximum Gasteiger partial charge on any atom is 0.240 e. The molecule has 0 spiro atoms. The van der Waals surface area contributed by atoms with Gasteiger partial charge < -0.3 is 9.64 Å². The topological polar surface area (TPSA) is 53.3 Å². The summed E-state index contributed by atoms with van der Waals surface area (Å²) in [7, 11) is 0. The van der Waals surface area contributed by atoms with E-state index in [4.69, 9.17) is 10.00 Å². The van der Waals surface area contributed by atoms with Gasteiger partial charge in [-0.25, -0.2) is 0 Å². The second-order valence-electron chi connectivity index (χ2n) is 3.31. The monoisotopic (exact) mass is 182 g/mol. The molecule has 4 heteroatoms. The third-order valence-electron chi connectivity index (χ3n) is 2.21. The quantitative estimate of drug-likeness (QED) is 0.589. The predicted octanol–water partition coefficient (Wildman–Crippen LogP) is 0.393. The second-order valence-corrected chi connectivity index (χ2v) is 3.31. The number of rotatable bonds is 1. The van der Waals surface area contributed by atoms with Crippen LogP contribution in [0.15, 0.2) is 0 Å². The highest BCUT2D eigenvalue weighted by Crippen LogP contribution is 2.10. The molecule has 1 aliphatic heterocycles. The molecule has 1 rings (SSSR count). The van der Waals surface area contributed by atoms with Crippen LogP contribution < -0.4 is 0 Å². The summed E-state index contributed by atoms with van der Waals surface area (Å²) in [6, 6.07) is 2.05. The molecule has 0 aromatic rings. The van der Waals surface area contributed by atoms with Gasteiger partial charge in [0, 0.05) is 6.54 Å². The lowest BCUT2D eigenvalue weighted by Crippen LogP contribution is -2.48. The van der Waals surface area contributed by atoms with Crippen LogP contribution in [-0.4, -0.2) is 36.6 Å². The Morgan fingerprint density at radius 3 is 3.00 bits per heavy atom. The molecule has 13 heavy (non-hydrogen) atoms.